The third-order valence-corrected chi connectivity index (χ3v) is 6.72. The van der Waals surface area contributed by atoms with Gasteiger partial charge in [0.05, 0.1) is 7.11 Å². The Morgan fingerprint density at radius 1 is 1.24 bits per heavy atom. The number of carbonyl (C=O) groups is 2. The van der Waals surface area contributed by atoms with Crippen molar-refractivity contribution in [1.29, 1.82) is 0 Å². The highest BCUT2D eigenvalue weighted by Crippen LogP contribution is 2.54. The first-order chi connectivity index (χ1) is 15.3. The van der Waals surface area contributed by atoms with E-state index in [4.69, 9.17) is 15.2 Å². The van der Waals surface area contributed by atoms with Crippen molar-refractivity contribution in [3.8, 4) is 5.75 Å². The topological polar surface area (TPSA) is 93.9 Å². The molecule has 3 N–H and O–H groups in total. The monoisotopic (exact) mass is 479 g/mol. The highest BCUT2D eigenvalue weighted by molar-refractivity contribution is 5.83. The summed E-state index contributed by atoms with van der Waals surface area (Å²) in [6, 6.07) is 0.865. The van der Waals surface area contributed by atoms with Crippen LogP contribution < -0.4 is 15.8 Å². The van der Waals surface area contributed by atoms with E-state index >= 15 is 0 Å². The zero-order chi connectivity index (χ0) is 24.7. The van der Waals surface area contributed by atoms with E-state index < -0.39 is 65.1 Å². The molecule has 0 aliphatic carbocycles. The van der Waals surface area contributed by atoms with Gasteiger partial charge in [-0.25, -0.2) is 9.18 Å². The lowest BCUT2D eigenvalue weighted by Crippen LogP contribution is -2.51. The van der Waals surface area contributed by atoms with Crippen molar-refractivity contribution < 1.29 is 41.0 Å². The molecule has 0 spiro atoms. The van der Waals surface area contributed by atoms with Gasteiger partial charge in [0.15, 0.2) is 17.2 Å². The Morgan fingerprint density at radius 2 is 1.85 bits per heavy atom. The fraction of sp³-hybridized carbons (Fsp3) is 0.619. The molecule has 2 heterocycles. The molecule has 0 radical (unpaired) electrons. The fourth-order valence-electron chi connectivity index (χ4n) is 4.57. The molecule has 2 aliphatic rings. The minimum atomic E-state index is -4.83. The number of nitrogens with two attached hydrogens (primary N) is 1. The van der Waals surface area contributed by atoms with E-state index in [0.717, 1.165) is 26.2 Å². The maximum absolute atomic E-state index is 14.4. The smallest absolute Gasteiger partial charge is 0.417 e. The maximum atomic E-state index is 14.4. The number of nitrogens with zero attached hydrogens (tertiary/aromatic N) is 1. The SMILES string of the molecule is COc1c([C@H]2[C@H](C(=O)NC3CCN(C(N)=O)CC3)O[C@@](C)(C(F)(F)F)[C@H]2C)ccc(F)c1F. The van der Waals surface area contributed by atoms with Crippen LogP contribution in [0.15, 0.2) is 12.1 Å². The van der Waals surface area contributed by atoms with Crippen LogP contribution in [-0.4, -0.2) is 61.0 Å². The van der Waals surface area contributed by atoms with Gasteiger partial charge in [-0.05, 0) is 25.8 Å². The number of alkyl halides is 3. The number of rotatable bonds is 4. The molecule has 1 aromatic carbocycles. The summed E-state index contributed by atoms with van der Waals surface area (Å²) in [5.41, 5.74) is 2.42. The number of halogens is 5. The summed E-state index contributed by atoms with van der Waals surface area (Å²) in [5, 5.41) is 2.67. The van der Waals surface area contributed by atoms with Crippen molar-refractivity contribution in [3.63, 3.8) is 0 Å². The zero-order valence-corrected chi connectivity index (χ0v) is 18.3. The van der Waals surface area contributed by atoms with E-state index in [1.54, 1.807) is 0 Å². The van der Waals surface area contributed by atoms with Crippen LogP contribution in [0.4, 0.5) is 26.7 Å². The van der Waals surface area contributed by atoms with Crippen LogP contribution in [-0.2, 0) is 9.53 Å². The highest BCUT2D eigenvalue weighted by atomic mass is 19.4. The van der Waals surface area contributed by atoms with Crippen LogP contribution in [0.3, 0.4) is 0 Å². The second-order valence-corrected chi connectivity index (χ2v) is 8.55. The number of likely N-dealkylation sites (tertiary alicyclic amines) is 1. The normalized spacial score (nSPS) is 28.6. The van der Waals surface area contributed by atoms with Crippen molar-refractivity contribution >= 4 is 11.9 Å². The van der Waals surface area contributed by atoms with Gasteiger partial charge in [0.2, 0.25) is 11.7 Å². The van der Waals surface area contributed by atoms with Gasteiger partial charge in [0, 0.05) is 36.5 Å². The molecule has 2 fully saturated rings. The lowest BCUT2D eigenvalue weighted by molar-refractivity contribution is -0.272. The Hall–Kier alpha value is -2.63. The number of nitrogens with one attached hydrogen (secondary N) is 1. The first-order valence-corrected chi connectivity index (χ1v) is 10.4. The van der Waals surface area contributed by atoms with Gasteiger partial charge in [-0.2, -0.15) is 17.6 Å². The third-order valence-electron chi connectivity index (χ3n) is 6.72. The average molecular weight is 479 g/mol. The number of piperidine rings is 1. The van der Waals surface area contributed by atoms with Gasteiger partial charge < -0.3 is 25.4 Å². The summed E-state index contributed by atoms with van der Waals surface area (Å²) >= 11 is 0. The lowest BCUT2D eigenvalue weighted by atomic mass is 9.77. The summed E-state index contributed by atoms with van der Waals surface area (Å²) in [7, 11) is 1.06. The molecule has 12 heteroatoms. The predicted octanol–water partition coefficient (Wildman–Crippen LogP) is 3.07. The van der Waals surface area contributed by atoms with Crippen LogP contribution in [0.5, 0.6) is 5.75 Å². The quantitative estimate of drug-likeness (QED) is 0.650. The van der Waals surface area contributed by atoms with Gasteiger partial charge in [0.25, 0.3) is 0 Å². The summed E-state index contributed by atoms with van der Waals surface area (Å²) in [4.78, 5) is 25.8. The molecule has 0 unspecified atom stereocenters. The number of urea groups is 1. The number of carbonyl (C=O) groups excluding carboxylic acids is 2. The van der Waals surface area contributed by atoms with Crippen LogP contribution >= 0.6 is 0 Å². The minimum absolute atomic E-state index is 0.0967. The van der Waals surface area contributed by atoms with E-state index in [-0.39, 0.29) is 18.7 Å². The molecular weight excluding hydrogens is 453 g/mol. The number of benzene rings is 1. The number of hydrogen-bond acceptors (Lipinski definition) is 4. The standard InChI is InChI=1S/C21H26F5N3O4/c1-10-14(12-4-5-13(22)15(23)16(12)32-3)17(33-20(10,2)21(24,25)26)18(30)28-11-6-8-29(9-7-11)19(27)31/h4-5,10-11,14,17H,6-9H2,1-3H3,(H2,27,31)(H,28,30)/t10-,14-,17+,20+/m0/s1. The number of methoxy groups -OCH3 is 1. The molecule has 33 heavy (non-hydrogen) atoms. The van der Waals surface area contributed by atoms with Crippen molar-refractivity contribution in [2.75, 3.05) is 20.2 Å². The minimum Gasteiger partial charge on any atom is -0.493 e. The summed E-state index contributed by atoms with van der Waals surface area (Å²) in [5.74, 6) is -6.58. The summed E-state index contributed by atoms with van der Waals surface area (Å²) in [6.45, 7) is 2.64. The molecule has 3 rings (SSSR count). The van der Waals surface area contributed by atoms with Crippen LogP contribution in [0, 0.1) is 17.6 Å². The molecule has 0 saturated carbocycles. The van der Waals surface area contributed by atoms with Crippen molar-refractivity contribution in [3.05, 3.63) is 29.3 Å². The lowest BCUT2D eigenvalue weighted by Gasteiger charge is -2.32. The second kappa shape index (κ2) is 8.96. The Balaban J connectivity index is 1.93. The van der Waals surface area contributed by atoms with Gasteiger partial charge in [-0.3, -0.25) is 4.79 Å². The first-order valence-electron chi connectivity index (χ1n) is 10.4. The number of hydrogen-bond donors (Lipinski definition) is 2. The predicted molar refractivity (Wildman–Crippen MR) is 106 cm³/mol. The molecule has 0 bridgehead atoms. The van der Waals surface area contributed by atoms with Crippen LogP contribution in [0.2, 0.25) is 0 Å². The van der Waals surface area contributed by atoms with E-state index in [1.165, 1.54) is 11.8 Å². The molecule has 1 aromatic rings. The summed E-state index contributed by atoms with van der Waals surface area (Å²) in [6.07, 6.45) is -5.77. The molecule has 0 aromatic heterocycles. The number of ether oxygens (including phenoxy) is 2. The van der Waals surface area contributed by atoms with Crippen molar-refractivity contribution in [1.82, 2.24) is 10.2 Å². The van der Waals surface area contributed by atoms with E-state index in [9.17, 15) is 31.5 Å². The third kappa shape index (κ3) is 4.44. The first kappa shape index (κ1) is 25.0. The molecule has 3 amide bonds. The Labute approximate surface area is 187 Å². The number of amides is 3. The molecule has 184 valence electrons. The highest BCUT2D eigenvalue weighted by Gasteiger charge is 2.66. The molecule has 4 atom stereocenters. The van der Waals surface area contributed by atoms with E-state index in [0.29, 0.717) is 12.8 Å². The molecular formula is C21H26F5N3O4. The van der Waals surface area contributed by atoms with Gasteiger partial charge in [0.1, 0.15) is 6.10 Å². The van der Waals surface area contributed by atoms with Crippen molar-refractivity contribution in [2.24, 2.45) is 11.7 Å². The second-order valence-electron chi connectivity index (χ2n) is 8.55. The molecule has 2 saturated heterocycles. The zero-order valence-electron chi connectivity index (χ0n) is 18.3. The van der Waals surface area contributed by atoms with E-state index in [2.05, 4.69) is 5.32 Å². The maximum Gasteiger partial charge on any atom is 0.417 e. The number of primary amides is 1. The van der Waals surface area contributed by atoms with Gasteiger partial charge in [-0.15, -0.1) is 0 Å². The van der Waals surface area contributed by atoms with Crippen LogP contribution in [0.25, 0.3) is 0 Å². The fourth-order valence-corrected chi connectivity index (χ4v) is 4.57. The largest absolute Gasteiger partial charge is 0.493 e. The molecule has 7 nitrogen and oxygen atoms in total. The van der Waals surface area contributed by atoms with Gasteiger partial charge in [-0.1, -0.05) is 13.0 Å². The Kier molecular flexibility index (Phi) is 6.79. The van der Waals surface area contributed by atoms with Crippen LogP contribution in [0.1, 0.15) is 38.2 Å². The molecule has 2 aliphatic heterocycles. The van der Waals surface area contributed by atoms with Crippen molar-refractivity contribution in [2.45, 2.75) is 56.5 Å². The van der Waals surface area contributed by atoms with E-state index in [1.807, 2.05) is 0 Å². The van der Waals surface area contributed by atoms with Gasteiger partial charge >= 0.3 is 12.2 Å². The Morgan fingerprint density at radius 3 is 2.36 bits per heavy atom. The summed E-state index contributed by atoms with van der Waals surface area (Å²) < 4.78 is 80.3. The average Bonchev–Trinajstić information content (AvgIpc) is 3.02. The Bertz CT molecular complexity index is 920.